The summed E-state index contributed by atoms with van der Waals surface area (Å²) < 4.78 is 19.2. The molecule has 0 amide bonds. The second kappa shape index (κ2) is 5.13. The smallest absolute Gasteiger partial charge is 0.129 e. The molecule has 0 spiro atoms. The highest BCUT2D eigenvalue weighted by Crippen LogP contribution is 2.29. The number of halogens is 2. The van der Waals surface area contributed by atoms with Crippen molar-refractivity contribution in [3.63, 3.8) is 0 Å². The van der Waals surface area contributed by atoms with Crippen LogP contribution in [0.5, 0.6) is 0 Å². The van der Waals surface area contributed by atoms with Gasteiger partial charge in [-0.05, 0) is 32.9 Å². The van der Waals surface area contributed by atoms with Gasteiger partial charge in [0.2, 0.25) is 0 Å². The molecule has 0 bridgehead atoms. The van der Waals surface area contributed by atoms with Crippen LogP contribution in [0.3, 0.4) is 0 Å². The van der Waals surface area contributed by atoms with E-state index in [4.69, 9.17) is 22.1 Å². The normalized spacial score (nSPS) is 13.9. The summed E-state index contributed by atoms with van der Waals surface area (Å²) in [7, 11) is 0. The second-order valence-corrected chi connectivity index (χ2v) is 4.62. The van der Waals surface area contributed by atoms with E-state index in [0.717, 1.165) is 0 Å². The Hall–Kier alpha value is -0.640. The Balaban J connectivity index is 3.00. The molecule has 1 unspecified atom stereocenters. The van der Waals surface area contributed by atoms with Gasteiger partial charge in [-0.3, -0.25) is 0 Å². The SMILES string of the molecule is CCOC(C)(C)C(N)c1ccc(Cl)cc1F. The van der Waals surface area contributed by atoms with E-state index in [9.17, 15) is 4.39 Å². The fourth-order valence-corrected chi connectivity index (χ4v) is 1.75. The summed E-state index contributed by atoms with van der Waals surface area (Å²) >= 11 is 5.68. The maximum atomic E-state index is 13.7. The monoisotopic (exact) mass is 245 g/mol. The standard InChI is InChI=1S/C12H17ClFNO/c1-4-16-12(2,3)11(15)9-6-5-8(13)7-10(9)14/h5-7,11H,4,15H2,1-3H3. The number of benzene rings is 1. The molecule has 90 valence electrons. The Labute approximate surface area is 101 Å². The van der Waals surface area contributed by atoms with E-state index in [-0.39, 0.29) is 0 Å². The van der Waals surface area contributed by atoms with E-state index in [1.165, 1.54) is 6.07 Å². The summed E-state index contributed by atoms with van der Waals surface area (Å²) in [6.07, 6.45) is 0. The zero-order valence-corrected chi connectivity index (χ0v) is 10.5. The molecule has 0 aliphatic heterocycles. The summed E-state index contributed by atoms with van der Waals surface area (Å²) in [6.45, 7) is 6.10. The second-order valence-electron chi connectivity index (χ2n) is 4.18. The topological polar surface area (TPSA) is 35.2 Å². The lowest BCUT2D eigenvalue weighted by atomic mass is 9.92. The molecule has 1 aromatic rings. The van der Waals surface area contributed by atoms with E-state index >= 15 is 0 Å². The van der Waals surface area contributed by atoms with Crippen LogP contribution in [0.25, 0.3) is 0 Å². The van der Waals surface area contributed by atoms with Gasteiger partial charge in [0.25, 0.3) is 0 Å². The van der Waals surface area contributed by atoms with Crippen LogP contribution in [0.4, 0.5) is 4.39 Å². The summed E-state index contributed by atoms with van der Waals surface area (Å²) in [4.78, 5) is 0. The van der Waals surface area contributed by atoms with Gasteiger partial charge in [0, 0.05) is 17.2 Å². The first-order chi connectivity index (χ1) is 7.38. The van der Waals surface area contributed by atoms with Crippen molar-refractivity contribution in [2.24, 2.45) is 5.73 Å². The Kier molecular flexibility index (Phi) is 4.30. The molecule has 1 rings (SSSR count). The number of hydrogen-bond acceptors (Lipinski definition) is 2. The average Bonchev–Trinajstić information content (AvgIpc) is 2.16. The van der Waals surface area contributed by atoms with Gasteiger partial charge in [0.1, 0.15) is 5.82 Å². The highest BCUT2D eigenvalue weighted by atomic mass is 35.5. The van der Waals surface area contributed by atoms with Gasteiger partial charge >= 0.3 is 0 Å². The zero-order valence-electron chi connectivity index (χ0n) is 9.76. The van der Waals surface area contributed by atoms with E-state index in [0.29, 0.717) is 17.2 Å². The molecule has 16 heavy (non-hydrogen) atoms. The van der Waals surface area contributed by atoms with Crippen molar-refractivity contribution in [3.8, 4) is 0 Å². The first-order valence-electron chi connectivity index (χ1n) is 5.23. The molecule has 0 radical (unpaired) electrons. The molecule has 1 atom stereocenters. The first-order valence-corrected chi connectivity index (χ1v) is 5.60. The molecular formula is C12H17ClFNO. The Morgan fingerprint density at radius 1 is 1.50 bits per heavy atom. The van der Waals surface area contributed by atoms with Crippen molar-refractivity contribution in [1.29, 1.82) is 0 Å². The Morgan fingerprint density at radius 3 is 2.62 bits per heavy atom. The molecular weight excluding hydrogens is 229 g/mol. The van der Waals surface area contributed by atoms with Gasteiger partial charge in [0.15, 0.2) is 0 Å². The molecule has 4 heteroatoms. The third kappa shape index (κ3) is 2.94. The van der Waals surface area contributed by atoms with E-state index < -0.39 is 17.5 Å². The molecule has 2 nitrogen and oxygen atoms in total. The van der Waals surface area contributed by atoms with Crippen molar-refractivity contribution in [1.82, 2.24) is 0 Å². The number of nitrogens with two attached hydrogens (primary N) is 1. The quantitative estimate of drug-likeness (QED) is 0.884. The lowest BCUT2D eigenvalue weighted by molar-refractivity contribution is -0.0305. The minimum absolute atomic E-state index is 0.364. The van der Waals surface area contributed by atoms with Gasteiger partial charge in [-0.2, -0.15) is 0 Å². The lowest BCUT2D eigenvalue weighted by Gasteiger charge is -2.31. The minimum atomic E-state index is -0.608. The van der Waals surface area contributed by atoms with Crippen molar-refractivity contribution >= 4 is 11.6 Å². The van der Waals surface area contributed by atoms with Crippen molar-refractivity contribution < 1.29 is 9.13 Å². The largest absolute Gasteiger partial charge is 0.374 e. The van der Waals surface area contributed by atoms with Crippen LogP contribution < -0.4 is 5.73 Å². The van der Waals surface area contributed by atoms with E-state index in [1.54, 1.807) is 12.1 Å². The van der Waals surface area contributed by atoms with Gasteiger partial charge in [-0.15, -0.1) is 0 Å². The van der Waals surface area contributed by atoms with Gasteiger partial charge < -0.3 is 10.5 Å². The van der Waals surface area contributed by atoms with E-state index in [2.05, 4.69) is 0 Å². The molecule has 2 N–H and O–H groups in total. The van der Waals surface area contributed by atoms with Crippen LogP contribution in [-0.2, 0) is 4.74 Å². The third-order valence-electron chi connectivity index (χ3n) is 2.56. The van der Waals surface area contributed by atoms with Crippen LogP contribution >= 0.6 is 11.6 Å². The minimum Gasteiger partial charge on any atom is -0.374 e. The van der Waals surface area contributed by atoms with Crippen molar-refractivity contribution in [2.45, 2.75) is 32.4 Å². The predicted octanol–water partition coefficient (Wildman–Crippen LogP) is 3.29. The fraction of sp³-hybridized carbons (Fsp3) is 0.500. The zero-order chi connectivity index (χ0) is 12.3. The first kappa shape index (κ1) is 13.4. The summed E-state index contributed by atoms with van der Waals surface area (Å²) in [5, 5.41) is 0.364. The van der Waals surface area contributed by atoms with Crippen LogP contribution in [0.2, 0.25) is 5.02 Å². The van der Waals surface area contributed by atoms with Crippen molar-refractivity contribution in [3.05, 3.63) is 34.6 Å². The Bertz CT molecular complexity index is 368. The van der Waals surface area contributed by atoms with Crippen LogP contribution in [0, 0.1) is 5.82 Å². The average molecular weight is 246 g/mol. The van der Waals surface area contributed by atoms with Gasteiger partial charge in [0.05, 0.1) is 11.6 Å². The van der Waals surface area contributed by atoms with Crippen LogP contribution in [-0.4, -0.2) is 12.2 Å². The molecule has 0 fully saturated rings. The lowest BCUT2D eigenvalue weighted by Crippen LogP contribution is -2.38. The summed E-state index contributed by atoms with van der Waals surface area (Å²) in [5.74, 6) is -0.396. The Morgan fingerprint density at radius 2 is 2.12 bits per heavy atom. The highest BCUT2D eigenvalue weighted by molar-refractivity contribution is 6.30. The van der Waals surface area contributed by atoms with Gasteiger partial charge in [-0.1, -0.05) is 17.7 Å². The maximum absolute atomic E-state index is 13.7. The third-order valence-corrected chi connectivity index (χ3v) is 2.80. The summed E-state index contributed by atoms with van der Waals surface area (Å²) in [6, 6.07) is 3.97. The van der Waals surface area contributed by atoms with Crippen LogP contribution in [0.1, 0.15) is 32.4 Å². The molecule has 0 heterocycles. The van der Waals surface area contributed by atoms with Crippen molar-refractivity contribution in [2.75, 3.05) is 6.61 Å². The number of hydrogen-bond donors (Lipinski definition) is 1. The number of rotatable bonds is 4. The summed E-state index contributed by atoms with van der Waals surface area (Å²) in [5.41, 5.74) is 5.81. The molecule has 0 saturated heterocycles. The van der Waals surface area contributed by atoms with E-state index in [1.807, 2.05) is 20.8 Å². The molecule has 0 aliphatic rings. The molecule has 1 aromatic carbocycles. The molecule has 0 saturated carbocycles. The fourth-order valence-electron chi connectivity index (χ4n) is 1.59. The predicted molar refractivity (Wildman–Crippen MR) is 64.0 cm³/mol. The van der Waals surface area contributed by atoms with Gasteiger partial charge in [-0.25, -0.2) is 4.39 Å². The highest BCUT2D eigenvalue weighted by Gasteiger charge is 2.30. The van der Waals surface area contributed by atoms with Crippen LogP contribution in [0.15, 0.2) is 18.2 Å². The number of ether oxygens (including phenoxy) is 1. The molecule has 0 aliphatic carbocycles. The molecule has 0 aromatic heterocycles. The maximum Gasteiger partial charge on any atom is 0.129 e.